The van der Waals surface area contributed by atoms with Gasteiger partial charge in [0.1, 0.15) is 11.8 Å². The Morgan fingerprint density at radius 3 is 2.51 bits per heavy atom. The molecule has 0 aromatic heterocycles. The Morgan fingerprint density at radius 1 is 1.11 bits per heavy atom. The van der Waals surface area contributed by atoms with Crippen molar-refractivity contribution in [3.8, 4) is 0 Å². The highest BCUT2D eigenvalue weighted by molar-refractivity contribution is 6.23. The van der Waals surface area contributed by atoms with Crippen LogP contribution in [0.25, 0.3) is 0 Å². The lowest BCUT2D eigenvalue weighted by molar-refractivity contribution is -0.134. The quantitative estimate of drug-likeness (QED) is 0.409. The van der Waals surface area contributed by atoms with Gasteiger partial charge in [-0.25, -0.2) is 9.79 Å². The fourth-order valence-electron chi connectivity index (χ4n) is 5.09. The number of rotatable bonds is 7. The summed E-state index contributed by atoms with van der Waals surface area (Å²) in [5.74, 6) is -0.825. The van der Waals surface area contributed by atoms with Gasteiger partial charge in [-0.05, 0) is 42.9 Å². The minimum absolute atomic E-state index is 0.0162. The zero-order valence-electron chi connectivity index (χ0n) is 21.8. The molecule has 0 saturated carbocycles. The maximum atomic E-state index is 13.1. The van der Waals surface area contributed by atoms with Crippen LogP contribution < -0.4 is 0 Å². The lowest BCUT2D eigenvalue weighted by Gasteiger charge is -2.34. The van der Waals surface area contributed by atoms with Crippen molar-refractivity contribution in [2.75, 3.05) is 20.2 Å². The topological polar surface area (TPSA) is 105 Å². The van der Waals surface area contributed by atoms with Gasteiger partial charge in [0, 0.05) is 37.4 Å². The summed E-state index contributed by atoms with van der Waals surface area (Å²) in [4.78, 5) is 61.1. The Bertz CT molecular complexity index is 1250. The molecule has 2 aliphatic heterocycles. The molecule has 0 N–H and O–H groups in total. The van der Waals surface area contributed by atoms with Crippen LogP contribution in [-0.2, 0) is 14.3 Å². The summed E-state index contributed by atoms with van der Waals surface area (Å²) in [7, 11) is 1.31. The molecular formula is C29H33N3O5. The summed E-state index contributed by atoms with van der Waals surface area (Å²) in [6, 6.07) is 6.58. The number of hydrogen-bond donors (Lipinski definition) is 0. The number of carbonyl (C=O) groups excluding carboxylic acids is 4. The maximum absolute atomic E-state index is 13.1. The Labute approximate surface area is 217 Å². The number of ketones is 1. The average molecular weight is 504 g/mol. The fraction of sp³-hybridized carbons (Fsp3) is 0.448. The second-order valence-corrected chi connectivity index (χ2v) is 10.7. The van der Waals surface area contributed by atoms with Crippen molar-refractivity contribution in [3.63, 3.8) is 0 Å². The molecular weight excluding hydrogens is 470 g/mol. The van der Waals surface area contributed by atoms with Crippen LogP contribution in [-0.4, -0.2) is 60.2 Å². The Balaban J connectivity index is 1.33. The van der Waals surface area contributed by atoms with Gasteiger partial charge in [0.05, 0.1) is 18.4 Å². The van der Waals surface area contributed by atoms with E-state index in [9.17, 15) is 19.2 Å². The summed E-state index contributed by atoms with van der Waals surface area (Å²) >= 11 is 0. The lowest BCUT2D eigenvalue weighted by atomic mass is 9.83. The SMILES string of the molecule is COC(=O)c1cccc(C(=O)C2CCN(C(=O)CC(C)(C)CC3=NC(=O)C4C=CC=C(C)C4=N3)CC2)c1. The van der Waals surface area contributed by atoms with Crippen LogP contribution >= 0.6 is 0 Å². The third-order valence-corrected chi connectivity index (χ3v) is 7.16. The third-order valence-electron chi connectivity index (χ3n) is 7.16. The normalized spacial score (nSPS) is 20.0. The smallest absolute Gasteiger partial charge is 0.337 e. The van der Waals surface area contributed by atoms with Crippen LogP contribution in [0.15, 0.2) is 58.1 Å². The van der Waals surface area contributed by atoms with Crippen molar-refractivity contribution in [2.45, 2.75) is 46.5 Å². The first-order valence-corrected chi connectivity index (χ1v) is 12.6. The highest BCUT2D eigenvalue weighted by Gasteiger charge is 2.34. The predicted molar refractivity (Wildman–Crippen MR) is 141 cm³/mol. The van der Waals surface area contributed by atoms with E-state index >= 15 is 0 Å². The van der Waals surface area contributed by atoms with Crippen LogP contribution in [0, 0.1) is 17.3 Å². The number of methoxy groups -OCH3 is 1. The van der Waals surface area contributed by atoms with Crippen molar-refractivity contribution < 1.29 is 23.9 Å². The number of benzene rings is 1. The molecule has 8 heteroatoms. The van der Waals surface area contributed by atoms with Crippen molar-refractivity contribution >= 4 is 35.1 Å². The van der Waals surface area contributed by atoms with Gasteiger partial charge in [0.2, 0.25) is 5.91 Å². The third kappa shape index (κ3) is 6.01. The molecule has 2 heterocycles. The van der Waals surface area contributed by atoms with Crippen LogP contribution in [0.4, 0.5) is 0 Å². The van der Waals surface area contributed by atoms with Crippen molar-refractivity contribution in [1.82, 2.24) is 4.90 Å². The van der Waals surface area contributed by atoms with Crippen LogP contribution in [0.1, 0.15) is 67.2 Å². The van der Waals surface area contributed by atoms with Gasteiger partial charge in [0.25, 0.3) is 5.91 Å². The molecule has 4 rings (SSSR count). The average Bonchev–Trinajstić information content (AvgIpc) is 2.88. The highest BCUT2D eigenvalue weighted by atomic mass is 16.5. The van der Waals surface area contributed by atoms with E-state index in [4.69, 9.17) is 4.74 Å². The number of Topliss-reactive ketones (excluding diaryl/α,β-unsaturated/α-hetero) is 1. The number of piperidine rings is 1. The molecule has 8 nitrogen and oxygen atoms in total. The van der Waals surface area contributed by atoms with Crippen LogP contribution in [0.2, 0.25) is 0 Å². The van der Waals surface area contributed by atoms with Gasteiger partial charge in [-0.15, -0.1) is 0 Å². The number of likely N-dealkylation sites (tertiary alicyclic amines) is 1. The summed E-state index contributed by atoms with van der Waals surface area (Å²) in [6.45, 7) is 6.91. The largest absolute Gasteiger partial charge is 0.465 e. The number of hydrogen-bond acceptors (Lipinski definition) is 6. The van der Waals surface area contributed by atoms with Gasteiger partial charge in [-0.2, -0.15) is 4.99 Å². The Kier molecular flexibility index (Phi) is 7.66. The molecule has 37 heavy (non-hydrogen) atoms. The molecule has 1 atom stereocenters. The first kappa shape index (κ1) is 26.4. The van der Waals surface area contributed by atoms with E-state index in [2.05, 4.69) is 9.98 Å². The summed E-state index contributed by atoms with van der Waals surface area (Å²) in [5.41, 5.74) is 2.09. The first-order valence-electron chi connectivity index (χ1n) is 12.6. The van der Waals surface area contributed by atoms with Crippen molar-refractivity contribution in [3.05, 3.63) is 59.2 Å². The molecule has 1 saturated heterocycles. The molecule has 0 radical (unpaired) electrons. The monoisotopic (exact) mass is 503 g/mol. The number of aliphatic imine (C=N–C) groups is 2. The molecule has 3 aliphatic rings. The van der Waals surface area contributed by atoms with Crippen LogP contribution in [0.5, 0.6) is 0 Å². The zero-order chi connectivity index (χ0) is 26.7. The first-order chi connectivity index (χ1) is 17.6. The van der Waals surface area contributed by atoms with Gasteiger partial charge in [0.15, 0.2) is 5.78 Å². The van der Waals surface area contributed by atoms with E-state index in [-0.39, 0.29) is 23.5 Å². The van der Waals surface area contributed by atoms with E-state index in [1.54, 1.807) is 24.3 Å². The number of esters is 1. The van der Waals surface area contributed by atoms with Gasteiger partial charge < -0.3 is 9.64 Å². The maximum Gasteiger partial charge on any atom is 0.337 e. The Morgan fingerprint density at radius 2 is 1.81 bits per heavy atom. The number of amidine groups is 1. The van der Waals surface area contributed by atoms with Crippen LogP contribution in [0.3, 0.4) is 0 Å². The second kappa shape index (κ2) is 10.7. The van der Waals surface area contributed by atoms with E-state index in [1.165, 1.54) is 7.11 Å². The second-order valence-electron chi connectivity index (χ2n) is 10.7. The molecule has 1 unspecified atom stereocenters. The molecule has 1 aromatic rings. The molecule has 194 valence electrons. The standard InChI is InChI=1S/C29H33N3O5/c1-18-7-5-10-22-25(18)30-23(31-27(22)35)16-29(2,3)17-24(33)32-13-11-19(12-14-32)26(34)20-8-6-9-21(15-20)28(36)37-4/h5-10,15,19,22H,11-14,16-17H2,1-4H3. The van der Waals surface area contributed by atoms with Gasteiger partial charge >= 0.3 is 5.97 Å². The number of ether oxygens (including phenoxy) is 1. The minimum Gasteiger partial charge on any atom is -0.465 e. The summed E-state index contributed by atoms with van der Waals surface area (Å²) in [6.07, 6.45) is 7.46. The predicted octanol–water partition coefficient (Wildman–Crippen LogP) is 4.21. The molecule has 1 fully saturated rings. The molecule has 0 spiro atoms. The molecule has 0 bridgehead atoms. The highest BCUT2D eigenvalue weighted by Crippen LogP contribution is 2.31. The number of amides is 2. The van der Waals surface area contributed by atoms with E-state index in [0.717, 1.165) is 11.3 Å². The molecule has 2 amide bonds. The van der Waals surface area contributed by atoms with E-state index < -0.39 is 17.3 Å². The number of fused-ring (bicyclic) bond motifs is 1. The van der Waals surface area contributed by atoms with E-state index in [1.807, 2.05) is 43.9 Å². The van der Waals surface area contributed by atoms with Gasteiger partial charge in [-0.3, -0.25) is 14.4 Å². The zero-order valence-corrected chi connectivity index (χ0v) is 21.8. The summed E-state index contributed by atoms with van der Waals surface area (Å²) in [5, 5.41) is 0. The Hall–Kier alpha value is -3.68. The number of carbonyl (C=O) groups is 4. The van der Waals surface area contributed by atoms with Gasteiger partial charge in [-0.1, -0.05) is 44.2 Å². The minimum atomic E-state index is -0.477. The lowest BCUT2D eigenvalue weighted by Crippen LogP contribution is -2.42. The summed E-state index contributed by atoms with van der Waals surface area (Å²) < 4.78 is 4.75. The van der Waals surface area contributed by atoms with E-state index in [0.29, 0.717) is 55.7 Å². The molecule has 1 aromatic carbocycles. The van der Waals surface area contributed by atoms with Crippen molar-refractivity contribution in [1.29, 1.82) is 0 Å². The molecule has 1 aliphatic carbocycles. The van der Waals surface area contributed by atoms with Crippen molar-refractivity contribution in [2.24, 2.45) is 27.2 Å². The fourth-order valence-corrected chi connectivity index (χ4v) is 5.09. The number of allylic oxidation sites excluding steroid dienone is 3. The number of nitrogens with zero attached hydrogens (tertiary/aromatic N) is 3.